The fraction of sp³-hybridized carbons (Fsp3) is 0.667. The van der Waals surface area contributed by atoms with Crippen LogP contribution in [0.4, 0.5) is 0 Å². The molecule has 1 heterocycles. The third-order valence-corrected chi connectivity index (χ3v) is 4.92. The van der Waals surface area contributed by atoms with Crippen molar-refractivity contribution >= 4 is 34.4 Å². The van der Waals surface area contributed by atoms with E-state index in [0.717, 1.165) is 21.3 Å². The van der Waals surface area contributed by atoms with Crippen LogP contribution in [0.25, 0.3) is 0 Å². The third-order valence-electron chi connectivity index (χ3n) is 3.20. The monoisotopic (exact) mass is 351 g/mol. The lowest BCUT2D eigenvalue weighted by Gasteiger charge is -2.27. The number of thioether (sulfide) groups is 1. The van der Waals surface area contributed by atoms with E-state index in [2.05, 4.69) is 40.2 Å². The SMILES string of the molecule is CSC1CCC(NCc2ccc(I)o2)CC1. The highest BCUT2D eigenvalue weighted by Crippen LogP contribution is 2.27. The van der Waals surface area contributed by atoms with Crippen LogP contribution >= 0.6 is 34.4 Å². The van der Waals surface area contributed by atoms with Crippen LogP contribution in [0.15, 0.2) is 16.5 Å². The van der Waals surface area contributed by atoms with Crippen molar-refractivity contribution in [2.75, 3.05) is 6.26 Å². The Bertz CT molecular complexity index is 321. The Morgan fingerprint density at radius 2 is 2.12 bits per heavy atom. The molecule has 16 heavy (non-hydrogen) atoms. The van der Waals surface area contributed by atoms with E-state index in [1.54, 1.807) is 0 Å². The molecule has 2 rings (SSSR count). The second kappa shape index (κ2) is 6.31. The molecule has 0 radical (unpaired) electrons. The molecule has 0 atom stereocenters. The predicted octanol–water partition coefficient (Wildman–Crippen LogP) is 3.65. The topological polar surface area (TPSA) is 25.2 Å². The van der Waals surface area contributed by atoms with Crippen LogP contribution in [0.3, 0.4) is 0 Å². The third kappa shape index (κ3) is 3.67. The van der Waals surface area contributed by atoms with E-state index >= 15 is 0 Å². The second-order valence-electron chi connectivity index (χ2n) is 4.30. The number of hydrogen-bond donors (Lipinski definition) is 1. The zero-order valence-corrected chi connectivity index (χ0v) is 12.5. The van der Waals surface area contributed by atoms with Crippen molar-refractivity contribution in [2.45, 2.75) is 43.5 Å². The summed E-state index contributed by atoms with van der Waals surface area (Å²) in [6.45, 7) is 0.873. The number of hydrogen-bond acceptors (Lipinski definition) is 3. The molecule has 0 bridgehead atoms. The van der Waals surface area contributed by atoms with Gasteiger partial charge in [-0.05, 0) is 66.7 Å². The highest BCUT2D eigenvalue weighted by molar-refractivity contribution is 14.1. The molecule has 0 aromatic carbocycles. The Labute approximate surface area is 115 Å². The van der Waals surface area contributed by atoms with Crippen molar-refractivity contribution in [3.63, 3.8) is 0 Å². The maximum Gasteiger partial charge on any atom is 0.164 e. The van der Waals surface area contributed by atoms with Crippen LogP contribution in [0.2, 0.25) is 0 Å². The number of rotatable bonds is 4. The van der Waals surface area contributed by atoms with E-state index in [0.29, 0.717) is 6.04 Å². The molecule has 1 N–H and O–H groups in total. The van der Waals surface area contributed by atoms with Crippen molar-refractivity contribution in [3.8, 4) is 0 Å². The summed E-state index contributed by atoms with van der Waals surface area (Å²) in [4.78, 5) is 0. The van der Waals surface area contributed by atoms with Gasteiger partial charge in [0.2, 0.25) is 0 Å². The Balaban J connectivity index is 1.71. The quantitative estimate of drug-likeness (QED) is 0.839. The second-order valence-corrected chi connectivity index (χ2v) is 6.50. The van der Waals surface area contributed by atoms with Gasteiger partial charge in [0.1, 0.15) is 5.76 Å². The zero-order chi connectivity index (χ0) is 11.4. The van der Waals surface area contributed by atoms with Gasteiger partial charge in [-0.15, -0.1) is 0 Å². The van der Waals surface area contributed by atoms with Gasteiger partial charge < -0.3 is 9.73 Å². The molecule has 0 unspecified atom stereocenters. The number of halogens is 1. The first-order valence-electron chi connectivity index (χ1n) is 5.78. The zero-order valence-electron chi connectivity index (χ0n) is 9.54. The Hall–Kier alpha value is 0.320. The van der Waals surface area contributed by atoms with Gasteiger partial charge in [0.25, 0.3) is 0 Å². The average molecular weight is 351 g/mol. The van der Waals surface area contributed by atoms with Gasteiger partial charge in [0.05, 0.1) is 6.54 Å². The maximum absolute atomic E-state index is 5.54. The molecule has 0 saturated heterocycles. The van der Waals surface area contributed by atoms with Gasteiger partial charge in [-0.2, -0.15) is 11.8 Å². The van der Waals surface area contributed by atoms with E-state index in [-0.39, 0.29) is 0 Å². The van der Waals surface area contributed by atoms with E-state index in [9.17, 15) is 0 Å². The summed E-state index contributed by atoms with van der Waals surface area (Å²) >= 11 is 4.22. The van der Waals surface area contributed by atoms with Crippen LogP contribution in [0.5, 0.6) is 0 Å². The van der Waals surface area contributed by atoms with Gasteiger partial charge in [-0.1, -0.05) is 0 Å². The lowest BCUT2D eigenvalue weighted by molar-refractivity contribution is 0.359. The molecule has 1 fully saturated rings. The number of furan rings is 1. The molecule has 0 spiro atoms. The Morgan fingerprint density at radius 3 is 2.69 bits per heavy atom. The molecule has 1 aromatic heterocycles. The Kier molecular flexibility index (Phi) is 5.03. The average Bonchev–Trinajstić information content (AvgIpc) is 2.73. The van der Waals surface area contributed by atoms with Gasteiger partial charge in [-0.25, -0.2) is 0 Å². The first-order chi connectivity index (χ1) is 7.78. The Morgan fingerprint density at radius 1 is 1.38 bits per heavy atom. The fourth-order valence-electron chi connectivity index (χ4n) is 2.19. The fourth-order valence-corrected chi connectivity index (χ4v) is 3.40. The summed E-state index contributed by atoms with van der Waals surface area (Å²) in [7, 11) is 0. The van der Waals surface area contributed by atoms with E-state index in [4.69, 9.17) is 4.42 Å². The lowest BCUT2D eigenvalue weighted by Crippen LogP contribution is -2.33. The van der Waals surface area contributed by atoms with Crippen LogP contribution in [-0.2, 0) is 6.54 Å². The van der Waals surface area contributed by atoms with Crippen molar-refractivity contribution < 1.29 is 4.42 Å². The van der Waals surface area contributed by atoms with Crippen LogP contribution in [-0.4, -0.2) is 17.5 Å². The van der Waals surface area contributed by atoms with Crippen molar-refractivity contribution in [1.82, 2.24) is 5.32 Å². The van der Waals surface area contributed by atoms with E-state index in [1.807, 2.05) is 17.8 Å². The highest BCUT2D eigenvalue weighted by Gasteiger charge is 2.19. The van der Waals surface area contributed by atoms with Gasteiger partial charge in [0.15, 0.2) is 3.77 Å². The van der Waals surface area contributed by atoms with Crippen molar-refractivity contribution in [3.05, 3.63) is 21.7 Å². The molecule has 90 valence electrons. The molecule has 1 aromatic rings. The minimum absolute atomic E-state index is 0.686. The normalized spacial score (nSPS) is 25.9. The standard InChI is InChI=1S/C12H18INOS/c1-16-11-5-2-9(3-6-11)14-8-10-4-7-12(13)15-10/h4,7,9,11,14H,2-3,5-6,8H2,1H3. The van der Waals surface area contributed by atoms with Crippen LogP contribution in [0.1, 0.15) is 31.4 Å². The smallest absolute Gasteiger partial charge is 0.164 e. The van der Waals surface area contributed by atoms with Crippen molar-refractivity contribution in [2.24, 2.45) is 0 Å². The lowest BCUT2D eigenvalue weighted by atomic mass is 9.95. The predicted molar refractivity (Wildman–Crippen MR) is 77.8 cm³/mol. The van der Waals surface area contributed by atoms with Crippen LogP contribution < -0.4 is 5.32 Å². The minimum Gasteiger partial charge on any atom is -0.454 e. The van der Waals surface area contributed by atoms with Crippen LogP contribution in [0, 0.1) is 3.77 Å². The summed E-state index contributed by atoms with van der Waals surface area (Å²) in [5.41, 5.74) is 0. The number of nitrogens with one attached hydrogen (secondary N) is 1. The summed E-state index contributed by atoms with van der Waals surface area (Å²) in [6.07, 6.45) is 7.55. The largest absolute Gasteiger partial charge is 0.454 e. The highest BCUT2D eigenvalue weighted by atomic mass is 127. The summed E-state index contributed by atoms with van der Waals surface area (Å²) < 4.78 is 6.51. The molecule has 0 amide bonds. The van der Waals surface area contributed by atoms with E-state index < -0.39 is 0 Å². The summed E-state index contributed by atoms with van der Waals surface area (Å²) in [5.74, 6) is 1.05. The molecule has 4 heteroatoms. The van der Waals surface area contributed by atoms with Gasteiger partial charge >= 0.3 is 0 Å². The molecule has 1 aliphatic rings. The van der Waals surface area contributed by atoms with Crippen molar-refractivity contribution in [1.29, 1.82) is 0 Å². The molecule has 2 nitrogen and oxygen atoms in total. The summed E-state index contributed by atoms with van der Waals surface area (Å²) in [6, 6.07) is 4.76. The van der Waals surface area contributed by atoms with E-state index in [1.165, 1.54) is 25.7 Å². The van der Waals surface area contributed by atoms with Gasteiger partial charge in [0, 0.05) is 11.3 Å². The first kappa shape index (κ1) is 12.8. The first-order valence-corrected chi connectivity index (χ1v) is 8.15. The minimum atomic E-state index is 0.686. The van der Waals surface area contributed by atoms with Gasteiger partial charge in [-0.3, -0.25) is 0 Å². The molecule has 1 saturated carbocycles. The molecule has 1 aliphatic carbocycles. The molecular formula is C12H18INOS. The molecular weight excluding hydrogens is 333 g/mol. The summed E-state index contributed by atoms with van der Waals surface area (Å²) in [5, 5.41) is 4.48. The maximum atomic E-state index is 5.54. The molecule has 0 aliphatic heterocycles.